The van der Waals surface area contributed by atoms with Crippen LogP contribution in [0.15, 0.2) is 18.2 Å². The maximum atomic E-state index is 12.1. The van der Waals surface area contributed by atoms with E-state index < -0.39 is 0 Å². The first-order chi connectivity index (χ1) is 10.6. The van der Waals surface area contributed by atoms with Gasteiger partial charge in [0.1, 0.15) is 5.75 Å². The van der Waals surface area contributed by atoms with E-state index in [4.69, 9.17) is 32.7 Å². The SMILES string of the molecule is O=C(COc1ccc(Cl)cc1Cl)NC1CCC12CCOCC2. The van der Waals surface area contributed by atoms with Gasteiger partial charge in [0.15, 0.2) is 6.61 Å². The molecule has 22 heavy (non-hydrogen) atoms. The molecule has 1 aromatic carbocycles. The smallest absolute Gasteiger partial charge is 0.258 e. The zero-order chi connectivity index (χ0) is 15.6. The van der Waals surface area contributed by atoms with Crippen molar-refractivity contribution in [3.8, 4) is 5.75 Å². The summed E-state index contributed by atoms with van der Waals surface area (Å²) in [6.45, 7) is 1.55. The summed E-state index contributed by atoms with van der Waals surface area (Å²) in [5.41, 5.74) is 0.242. The van der Waals surface area contributed by atoms with Crippen molar-refractivity contribution >= 4 is 29.1 Å². The first kappa shape index (κ1) is 15.9. The highest BCUT2D eigenvalue weighted by atomic mass is 35.5. The predicted octanol–water partition coefficient (Wildman–Crippen LogP) is 3.45. The van der Waals surface area contributed by atoms with E-state index in [0.717, 1.165) is 32.5 Å². The largest absolute Gasteiger partial charge is 0.482 e. The Morgan fingerprint density at radius 3 is 2.73 bits per heavy atom. The Labute approximate surface area is 140 Å². The number of amides is 1. The van der Waals surface area contributed by atoms with E-state index in [1.165, 1.54) is 6.42 Å². The van der Waals surface area contributed by atoms with E-state index in [9.17, 15) is 4.79 Å². The molecule has 1 spiro atoms. The highest BCUT2D eigenvalue weighted by Gasteiger charge is 2.47. The molecule has 1 unspecified atom stereocenters. The van der Waals surface area contributed by atoms with Crippen LogP contribution in [0, 0.1) is 5.41 Å². The topological polar surface area (TPSA) is 47.6 Å². The average Bonchev–Trinajstić information content (AvgIpc) is 2.51. The number of carbonyl (C=O) groups excluding carboxylic acids is 1. The Balaban J connectivity index is 1.50. The molecule has 0 bridgehead atoms. The molecule has 6 heteroatoms. The van der Waals surface area contributed by atoms with E-state index in [1.807, 2.05) is 0 Å². The normalized spacial score (nSPS) is 22.9. The summed E-state index contributed by atoms with van der Waals surface area (Å²) in [5, 5.41) is 4.04. The number of benzene rings is 1. The van der Waals surface area contributed by atoms with Crippen LogP contribution in [0.3, 0.4) is 0 Å². The summed E-state index contributed by atoms with van der Waals surface area (Å²) in [7, 11) is 0. The maximum Gasteiger partial charge on any atom is 0.258 e. The third kappa shape index (κ3) is 3.34. The molecule has 1 N–H and O–H groups in total. The minimum absolute atomic E-state index is 0.0373. The van der Waals surface area contributed by atoms with Gasteiger partial charge in [0.05, 0.1) is 5.02 Å². The number of halogens is 2. The number of rotatable bonds is 4. The van der Waals surface area contributed by atoms with Crippen molar-refractivity contribution in [3.63, 3.8) is 0 Å². The summed E-state index contributed by atoms with van der Waals surface area (Å²) in [6.07, 6.45) is 4.27. The number of ether oxygens (including phenoxy) is 2. The van der Waals surface area contributed by atoms with Crippen molar-refractivity contribution in [2.45, 2.75) is 31.7 Å². The van der Waals surface area contributed by atoms with Crippen LogP contribution < -0.4 is 10.1 Å². The van der Waals surface area contributed by atoms with Crippen LogP contribution in [-0.2, 0) is 9.53 Å². The number of nitrogens with one attached hydrogen (secondary N) is 1. The first-order valence-electron chi connectivity index (χ1n) is 7.54. The molecule has 1 saturated carbocycles. The van der Waals surface area contributed by atoms with E-state index in [1.54, 1.807) is 18.2 Å². The van der Waals surface area contributed by atoms with Gasteiger partial charge >= 0.3 is 0 Å². The van der Waals surface area contributed by atoms with Crippen LogP contribution in [0.1, 0.15) is 25.7 Å². The van der Waals surface area contributed by atoms with E-state index in [-0.39, 0.29) is 24.0 Å². The van der Waals surface area contributed by atoms with Gasteiger partial charge in [0.2, 0.25) is 0 Å². The molecule has 120 valence electrons. The second-order valence-electron chi connectivity index (χ2n) is 6.00. The van der Waals surface area contributed by atoms with Crippen LogP contribution in [-0.4, -0.2) is 31.8 Å². The molecule has 1 aliphatic carbocycles. The van der Waals surface area contributed by atoms with Crippen molar-refractivity contribution in [2.75, 3.05) is 19.8 Å². The molecule has 1 aliphatic heterocycles. The predicted molar refractivity (Wildman–Crippen MR) is 85.6 cm³/mol. The quantitative estimate of drug-likeness (QED) is 0.910. The lowest BCUT2D eigenvalue weighted by atomic mass is 9.60. The summed E-state index contributed by atoms with van der Waals surface area (Å²) in [4.78, 5) is 12.1. The lowest BCUT2D eigenvalue weighted by Crippen LogP contribution is -2.57. The monoisotopic (exact) mass is 343 g/mol. The standard InChI is InChI=1S/C16H19Cl2NO3/c17-11-1-2-13(12(18)9-11)22-10-15(20)19-14-3-4-16(14)5-7-21-8-6-16/h1-2,9,14H,3-8,10H2,(H,19,20). The number of carbonyl (C=O) groups is 1. The van der Waals surface area contributed by atoms with Gasteiger partial charge in [0.25, 0.3) is 5.91 Å². The van der Waals surface area contributed by atoms with Crippen molar-refractivity contribution in [2.24, 2.45) is 5.41 Å². The molecule has 2 aliphatic rings. The molecule has 1 saturated heterocycles. The van der Waals surface area contributed by atoms with Crippen LogP contribution in [0.4, 0.5) is 0 Å². The van der Waals surface area contributed by atoms with E-state index in [0.29, 0.717) is 15.8 Å². The Hall–Kier alpha value is -0.970. The lowest BCUT2D eigenvalue weighted by Gasteiger charge is -2.52. The Morgan fingerprint density at radius 2 is 2.09 bits per heavy atom. The van der Waals surface area contributed by atoms with Gasteiger partial charge in [-0.05, 0) is 49.3 Å². The molecule has 3 rings (SSSR count). The molecular formula is C16H19Cl2NO3. The Bertz CT molecular complexity index is 558. The summed E-state index contributed by atoms with van der Waals surface area (Å²) in [5.74, 6) is 0.359. The second kappa shape index (κ2) is 6.65. The molecule has 1 atom stereocenters. The zero-order valence-electron chi connectivity index (χ0n) is 12.2. The average molecular weight is 344 g/mol. The van der Waals surface area contributed by atoms with Gasteiger partial charge in [-0.1, -0.05) is 23.2 Å². The minimum Gasteiger partial charge on any atom is -0.482 e. The molecule has 1 aromatic rings. The van der Waals surface area contributed by atoms with Crippen LogP contribution in [0.2, 0.25) is 10.0 Å². The number of hydrogen-bond donors (Lipinski definition) is 1. The molecule has 2 fully saturated rings. The van der Waals surface area contributed by atoms with Crippen LogP contribution >= 0.6 is 23.2 Å². The fourth-order valence-corrected chi connectivity index (χ4v) is 3.73. The van der Waals surface area contributed by atoms with Gasteiger partial charge in [-0.15, -0.1) is 0 Å². The van der Waals surface area contributed by atoms with Gasteiger partial charge in [0, 0.05) is 24.3 Å². The third-order valence-corrected chi connectivity index (χ3v) is 5.28. The molecule has 0 radical (unpaired) electrons. The van der Waals surface area contributed by atoms with Crippen LogP contribution in [0.5, 0.6) is 5.75 Å². The van der Waals surface area contributed by atoms with Gasteiger partial charge in [-0.25, -0.2) is 0 Å². The van der Waals surface area contributed by atoms with Crippen molar-refractivity contribution in [1.82, 2.24) is 5.32 Å². The molecular weight excluding hydrogens is 325 g/mol. The van der Waals surface area contributed by atoms with Gasteiger partial charge in [-0.2, -0.15) is 0 Å². The van der Waals surface area contributed by atoms with Crippen LogP contribution in [0.25, 0.3) is 0 Å². The maximum absolute atomic E-state index is 12.1. The highest BCUT2D eigenvalue weighted by Crippen LogP contribution is 2.48. The van der Waals surface area contributed by atoms with Crippen molar-refractivity contribution < 1.29 is 14.3 Å². The van der Waals surface area contributed by atoms with Gasteiger partial charge < -0.3 is 14.8 Å². The third-order valence-electron chi connectivity index (χ3n) is 4.75. The Kier molecular flexibility index (Phi) is 4.81. The molecule has 0 aromatic heterocycles. The Morgan fingerprint density at radius 1 is 1.32 bits per heavy atom. The second-order valence-corrected chi connectivity index (χ2v) is 6.84. The molecule has 1 heterocycles. The summed E-state index contributed by atoms with van der Waals surface area (Å²) < 4.78 is 10.9. The number of hydrogen-bond acceptors (Lipinski definition) is 3. The molecule has 1 amide bonds. The fourth-order valence-electron chi connectivity index (χ4n) is 3.27. The fraction of sp³-hybridized carbons (Fsp3) is 0.562. The molecule has 4 nitrogen and oxygen atoms in total. The van der Waals surface area contributed by atoms with Gasteiger partial charge in [-0.3, -0.25) is 4.79 Å². The first-order valence-corrected chi connectivity index (χ1v) is 8.30. The van der Waals surface area contributed by atoms with E-state index >= 15 is 0 Å². The highest BCUT2D eigenvalue weighted by molar-refractivity contribution is 6.35. The van der Waals surface area contributed by atoms with E-state index in [2.05, 4.69) is 5.32 Å². The minimum atomic E-state index is -0.110. The van der Waals surface area contributed by atoms with Crippen molar-refractivity contribution in [1.29, 1.82) is 0 Å². The zero-order valence-corrected chi connectivity index (χ0v) is 13.8. The van der Waals surface area contributed by atoms with Crippen molar-refractivity contribution in [3.05, 3.63) is 28.2 Å². The summed E-state index contributed by atoms with van der Waals surface area (Å²) in [6, 6.07) is 5.19. The lowest BCUT2D eigenvalue weighted by molar-refractivity contribution is -0.129. The summed E-state index contributed by atoms with van der Waals surface area (Å²) >= 11 is 11.8.